The minimum atomic E-state index is -0.397. The minimum Gasteiger partial charge on any atom is -0.462 e. The lowest BCUT2D eigenvalue weighted by Gasteiger charge is -2.09. The Morgan fingerprint density at radius 1 is 1.35 bits per heavy atom. The number of benzene rings is 1. The van der Waals surface area contributed by atoms with Gasteiger partial charge in [0.2, 0.25) is 0 Å². The van der Waals surface area contributed by atoms with Crippen LogP contribution in [0.5, 0.6) is 0 Å². The molecule has 3 nitrogen and oxygen atoms in total. The van der Waals surface area contributed by atoms with Crippen molar-refractivity contribution in [2.24, 2.45) is 0 Å². The normalized spacial score (nSPS) is 10.1. The Kier molecular flexibility index (Phi) is 5.85. The lowest BCUT2D eigenvalue weighted by Crippen LogP contribution is -2.12. The predicted molar refractivity (Wildman–Crippen MR) is 72.6 cm³/mol. The van der Waals surface area contributed by atoms with Crippen LogP contribution < -0.4 is 0 Å². The van der Waals surface area contributed by atoms with Crippen LogP contribution in [0.3, 0.4) is 0 Å². The largest absolute Gasteiger partial charge is 0.462 e. The van der Waals surface area contributed by atoms with Crippen LogP contribution in [0.2, 0.25) is 0 Å². The maximum absolute atomic E-state index is 11.7. The van der Waals surface area contributed by atoms with Crippen LogP contribution in [0.25, 0.3) is 0 Å². The molecule has 5 heteroatoms. The molecule has 0 aliphatic rings. The molecule has 0 aromatic heterocycles. The Balaban J connectivity index is 3.08. The van der Waals surface area contributed by atoms with Gasteiger partial charge in [0.1, 0.15) is 5.78 Å². The molecule has 1 aromatic carbocycles. The molecule has 0 saturated heterocycles. The van der Waals surface area contributed by atoms with E-state index in [0.29, 0.717) is 17.7 Å². The number of halogens is 2. The second-order valence-corrected chi connectivity index (χ2v) is 4.75. The van der Waals surface area contributed by atoms with Crippen molar-refractivity contribution in [2.75, 3.05) is 11.9 Å². The van der Waals surface area contributed by atoms with Gasteiger partial charge in [0.05, 0.1) is 17.5 Å². The average Bonchev–Trinajstić information content (AvgIpc) is 2.31. The SMILES string of the molecule is CCOC(=O)c1cccc(Br)c1CC(=O)CBr. The first-order valence-corrected chi connectivity index (χ1v) is 7.03. The number of ether oxygens (including phenoxy) is 1. The molecule has 17 heavy (non-hydrogen) atoms. The topological polar surface area (TPSA) is 43.4 Å². The van der Waals surface area contributed by atoms with Crippen LogP contribution in [0.1, 0.15) is 22.8 Å². The van der Waals surface area contributed by atoms with Gasteiger partial charge in [0.25, 0.3) is 0 Å². The van der Waals surface area contributed by atoms with E-state index >= 15 is 0 Å². The highest BCUT2D eigenvalue weighted by molar-refractivity contribution is 9.10. The first kappa shape index (κ1) is 14.4. The molecule has 1 rings (SSSR count). The van der Waals surface area contributed by atoms with Gasteiger partial charge in [-0.15, -0.1) is 0 Å². The zero-order valence-corrected chi connectivity index (χ0v) is 12.5. The lowest BCUT2D eigenvalue weighted by molar-refractivity contribution is -0.115. The van der Waals surface area contributed by atoms with E-state index in [1.54, 1.807) is 25.1 Å². The second-order valence-electron chi connectivity index (χ2n) is 3.34. The molecule has 0 fully saturated rings. The lowest BCUT2D eigenvalue weighted by atomic mass is 10.0. The summed E-state index contributed by atoms with van der Waals surface area (Å²) in [5.41, 5.74) is 1.12. The van der Waals surface area contributed by atoms with E-state index < -0.39 is 5.97 Å². The van der Waals surface area contributed by atoms with Gasteiger partial charge >= 0.3 is 5.97 Å². The number of ketones is 1. The third kappa shape index (κ3) is 3.92. The molecule has 0 aliphatic heterocycles. The molecule has 1 aromatic rings. The smallest absolute Gasteiger partial charge is 0.338 e. The van der Waals surface area contributed by atoms with E-state index in [0.717, 1.165) is 4.47 Å². The van der Waals surface area contributed by atoms with Gasteiger partial charge in [-0.05, 0) is 24.6 Å². The standard InChI is InChI=1S/C12H12Br2O3/c1-2-17-12(16)9-4-3-5-11(14)10(9)6-8(15)7-13/h3-5H,2,6-7H2,1H3. The fraction of sp³-hybridized carbons (Fsp3) is 0.333. The molecule has 0 amide bonds. The van der Waals surface area contributed by atoms with Crippen molar-refractivity contribution in [3.63, 3.8) is 0 Å². The highest BCUT2D eigenvalue weighted by Gasteiger charge is 2.16. The first-order valence-electron chi connectivity index (χ1n) is 5.12. The van der Waals surface area contributed by atoms with E-state index in [1.165, 1.54) is 0 Å². The van der Waals surface area contributed by atoms with Crippen molar-refractivity contribution in [3.05, 3.63) is 33.8 Å². The molecule has 0 radical (unpaired) electrons. The number of carbonyl (C=O) groups excluding carboxylic acids is 2. The van der Waals surface area contributed by atoms with E-state index in [4.69, 9.17) is 4.74 Å². The van der Waals surface area contributed by atoms with Crippen molar-refractivity contribution in [1.82, 2.24) is 0 Å². The molecular weight excluding hydrogens is 352 g/mol. The second kappa shape index (κ2) is 6.91. The summed E-state index contributed by atoms with van der Waals surface area (Å²) in [6.07, 6.45) is 0.209. The van der Waals surface area contributed by atoms with Crippen molar-refractivity contribution in [2.45, 2.75) is 13.3 Å². The van der Waals surface area contributed by atoms with Gasteiger partial charge in [-0.3, -0.25) is 4.79 Å². The van der Waals surface area contributed by atoms with Gasteiger partial charge in [0, 0.05) is 10.9 Å². The van der Waals surface area contributed by atoms with Crippen molar-refractivity contribution in [3.8, 4) is 0 Å². The van der Waals surface area contributed by atoms with Crippen LogP contribution in [-0.2, 0) is 16.0 Å². The number of Topliss-reactive ketones (excluding diaryl/α,β-unsaturated/α-hetero) is 1. The van der Waals surface area contributed by atoms with E-state index in [1.807, 2.05) is 0 Å². The molecule has 0 saturated carbocycles. The Bertz CT molecular complexity index is 430. The average molecular weight is 364 g/mol. The van der Waals surface area contributed by atoms with Gasteiger partial charge in [-0.2, -0.15) is 0 Å². The van der Waals surface area contributed by atoms with E-state index in [-0.39, 0.29) is 17.5 Å². The zero-order valence-electron chi connectivity index (χ0n) is 9.33. The number of esters is 1. The maximum Gasteiger partial charge on any atom is 0.338 e. The Labute approximate surface area is 117 Å². The van der Waals surface area contributed by atoms with Crippen molar-refractivity contribution in [1.29, 1.82) is 0 Å². The van der Waals surface area contributed by atoms with E-state index in [9.17, 15) is 9.59 Å². The highest BCUT2D eigenvalue weighted by atomic mass is 79.9. The molecule has 0 spiro atoms. The van der Waals surface area contributed by atoms with Crippen molar-refractivity contribution < 1.29 is 14.3 Å². The summed E-state index contributed by atoms with van der Waals surface area (Å²) >= 11 is 6.46. The summed E-state index contributed by atoms with van der Waals surface area (Å²) in [5, 5.41) is 0.274. The third-order valence-electron chi connectivity index (χ3n) is 2.14. The number of carbonyl (C=O) groups is 2. The van der Waals surface area contributed by atoms with Gasteiger partial charge in [-0.1, -0.05) is 37.9 Å². The summed E-state index contributed by atoms with van der Waals surface area (Å²) in [4.78, 5) is 23.2. The molecular formula is C12H12Br2O3. The summed E-state index contributed by atoms with van der Waals surface area (Å²) in [5.74, 6) is -0.381. The number of hydrogen-bond donors (Lipinski definition) is 0. The Morgan fingerprint density at radius 2 is 2.06 bits per heavy atom. The summed E-state index contributed by atoms with van der Waals surface area (Å²) in [6, 6.07) is 5.22. The molecule has 0 atom stereocenters. The molecule has 0 aliphatic carbocycles. The monoisotopic (exact) mass is 362 g/mol. The number of rotatable bonds is 5. The summed E-state index contributed by atoms with van der Waals surface area (Å²) < 4.78 is 5.70. The zero-order chi connectivity index (χ0) is 12.8. The summed E-state index contributed by atoms with van der Waals surface area (Å²) in [7, 11) is 0. The molecule has 0 unspecified atom stereocenters. The quantitative estimate of drug-likeness (QED) is 0.596. The van der Waals surface area contributed by atoms with Gasteiger partial charge < -0.3 is 4.74 Å². The molecule has 0 bridgehead atoms. The first-order chi connectivity index (χ1) is 8.10. The maximum atomic E-state index is 11.7. The van der Waals surface area contributed by atoms with Gasteiger partial charge in [-0.25, -0.2) is 4.79 Å². The molecule has 0 heterocycles. The highest BCUT2D eigenvalue weighted by Crippen LogP contribution is 2.22. The number of hydrogen-bond acceptors (Lipinski definition) is 3. The Morgan fingerprint density at radius 3 is 2.65 bits per heavy atom. The van der Waals surface area contributed by atoms with Crippen LogP contribution in [0.4, 0.5) is 0 Å². The summed E-state index contributed by atoms with van der Waals surface area (Å²) in [6.45, 7) is 2.07. The van der Waals surface area contributed by atoms with Crippen LogP contribution >= 0.6 is 31.9 Å². The van der Waals surface area contributed by atoms with Crippen LogP contribution in [-0.4, -0.2) is 23.7 Å². The predicted octanol–water partition coefficient (Wildman–Crippen LogP) is 3.13. The molecule has 0 N–H and O–H groups in total. The fourth-order valence-corrected chi connectivity index (χ4v) is 2.09. The Hall–Kier alpha value is -0.680. The molecule has 92 valence electrons. The number of alkyl halides is 1. The van der Waals surface area contributed by atoms with Crippen LogP contribution in [0, 0.1) is 0 Å². The van der Waals surface area contributed by atoms with Gasteiger partial charge in [0.15, 0.2) is 0 Å². The van der Waals surface area contributed by atoms with E-state index in [2.05, 4.69) is 31.9 Å². The minimum absolute atomic E-state index is 0.0162. The third-order valence-corrected chi connectivity index (χ3v) is 3.51. The fourth-order valence-electron chi connectivity index (χ4n) is 1.38. The van der Waals surface area contributed by atoms with Crippen molar-refractivity contribution >= 4 is 43.6 Å². The van der Waals surface area contributed by atoms with Crippen LogP contribution in [0.15, 0.2) is 22.7 Å².